The van der Waals surface area contributed by atoms with E-state index >= 15 is 0 Å². The fourth-order valence-electron chi connectivity index (χ4n) is 1.29. The van der Waals surface area contributed by atoms with Crippen LogP contribution < -0.4 is 0 Å². The Morgan fingerprint density at radius 1 is 1.50 bits per heavy atom. The van der Waals surface area contributed by atoms with Crippen molar-refractivity contribution in [3.63, 3.8) is 0 Å². The molecule has 1 unspecified atom stereocenters. The predicted octanol–water partition coefficient (Wildman–Crippen LogP) is 2.22. The molecule has 3 nitrogen and oxygen atoms in total. The van der Waals surface area contributed by atoms with Gasteiger partial charge in [-0.15, -0.1) is 0 Å². The normalized spacial score (nSPS) is 11.6. The summed E-state index contributed by atoms with van der Waals surface area (Å²) in [5.74, 6) is -0.635. The smallest absolute Gasteiger partial charge is 0.340 e. The van der Waals surface area contributed by atoms with Crippen molar-refractivity contribution in [1.82, 2.24) is 0 Å². The van der Waals surface area contributed by atoms with Gasteiger partial charge in [-0.25, -0.2) is 4.79 Å². The molecule has 1 aromatic carbocycles. The maximum absolute atomic E-state index is 11.5. The molecule has 0 aromatic heterocycles. The number of carbonyl (C=O) groups is 1. The van der Waals surface area contributed by atoms with Crippen LogP contribution in [0.5, 0.6) is 0 Å². The molecule has 16 heavy (non-hydrogen) atoms. The van der Waals surface area contributed by atoms with E-state index in [9.17, 15) is 4.79 Å². The van der Waals surface area contributed by atoms with E-state index in [-0.39, 0.29) is 5.57 Å². The molecule has 0 aliphatic rings. The summed E-state index contributed by atoms with van der Waals surface area (Å²) in [6, 6.07) is 7.21. The van der Waals surface area contributed by atoms with E-state index in [1.807, 2.05) is 12.1 Å². The number of aliphatic hydroxyl groups excluding tert-OH is 1. The summed E-state index contributed by atoms with van der Waals surface area (Å²) < 4.78 is 4.65. The van der Waals surface area contributed by atoms with Crippen molar-refractivity contribution in [2.75, 3.05) is 0 Å². The van der Waals surface area contributed by atoms with Gasteiger partial charge in [0.15, 0.2) is 6.29 Å². The predicted molar refractivity (Wildman–Crippen MR) is 63.3 cm³/mol. The van der Waals surface area contributed by atoms with Crippen molar-refractivity contribution in [2.45, 2.75) is 13.2 Å². The minimum Gasteiger partial charge on any atom is -0.433 e. The second kappa shape index (κ2) is 5.28. The summed E-state index contributed by atoms with van der Waals surface area (Å²) in [5, 5.41) is 8.94. The van der Waals surface area contributed by atoms with E-state index in [4.69, 9.17) is 5.11 Å². The van der Waals surface area contributed by atoms with Crippen molar-refractivity contribution < 1.29 is 14.6 Å². The summed E-state index contributed by atoms with van der Waals surface area (Å²) in [5.41, 5.74) is 1.66. The van der Waals surface area contributed by atoms with Crippen molar-refractivity contribution in [2.24, 2.45) is 0 Å². The van der Waals surface area contributed by atoms with Crippen LogP contribution in [0.2, 0.25) is 0 Å². The van der Waals surface area contributed by atoms with Crippen LogP contribution in [-0.2, 0) is 9.53 Å². The van der Waals surface area contributed by atoms with E-state index in [1.54, 1.807) is 18.2 Å². The number of aliphatic hydroxyl groups is 1. The Balaban J connectivity index is 2.96. The van der Waals surface area contributed by atoms with Gasteiger partial charge in [0.1, 0.15) is 0 Å². The first-order valence-corrected chi connectivity index (χ1v) is 4.86. The Morgan fingerprint density at radius 3 is 2.69 bits per heavy atom. The lowest BCUT2D eigenvalue weighted by Crippen LogP contribution is -2.15. The minimum absolute atomic E-state index is 0.205. The lowest BCUT2D eigenvalue weighted by molar-refractivity contribution is -0.157. The number of hydrogen-bond acceptors (Lipinski definition) is 3. The lowest BCUT2D eigenvalue weighted by atomic mass is 10.0. The quantitative estimate of drug-likeness (QED) is 0.479. The third kappa shape index (κ3) is 2.81. The molecular weight excluding hydrogens is 204 g/mol. The van der Waals surface area contributed by atoms with Crippen LogP contribution in [0.3, 0.4) is 0 Å². The van der Waals surface area contributed by atoms with Crippen molar-refractivity contribution in [3.8, 4) is 0 Å². The number of hydrogen-bond donors (Lipinski definition) is 1. The van der Waals surface area contributed by atoms with Crippen LogP contribution in [0.15, 0.2) is 37.4 Å². The fraction of sp³-hybridized carbons (Fsp3) is 0.154. The number of esters is 1. The van der Waals surface area contributed by atoms with E-state index in [2.05, 4.69) is 17.9 Å². The zero-order chi connectivity index (χ0) is 12.1. The fourth-order valence-corrected chi connectivity index (χ4v) is 1.29. The monoisotopic (exact) mass is 218 g/mol. The van der Waals surface area contributed by atoms with Gasteiger partial charge in [-0.2, -0.15) is 0 Å². The standard InChI is InChI=1S/C13H14O3/c1-4-11-7-5-6-8-12(11)9(2)13(15)16-10(3)14/h4-8,10,14H,1-2H2,3H3. The topological polar surface area (TPSA) is 46.5 Å². The Labute approximate surface area is 94.7 Å². The highest BCUT2D eigenvalue weighted by Crippen LogP contribution is 2.20. The molecule has 1 N–H and O–H groups in total. The van der Waals surface area contributed by atoms with Crippen LogP contribution in [0.4, 0.5) is 0 Å². The first-order chi connectivity index (χ1) is 7.56. The van der Waals surface area contributed by atoms with Gasteiger partial charge < -0.3 is 9.84 Å². The summed E-state index contributed by atoms with van der Waals surface area (Å²) in [4.78, 5) is 11.5. The van der Waals surface area contributed by atoms with E-state index < -0.39 is 12.3 Å². The van der Waals surface area contributed by atoms with E-state index in [1.165, 1.54) is 6.92 Å². The summed E-state index contributed by atoms with van der Waals surface area (Å²) in [6.45, 7) is 8.67. The van der Waals surface area contributed by atoms with Crippen LogP contribution >= 0.6 is 0 Å². The second-order valence-electron chi connectivity index (χ2n) is 3.27. The molecule has 0 radical (unpaired) electrons. The lowest BCUT2D eigenvalue weighted by Gasteiger charge is -2.10. The molecule has 0 heterocycles. The number of carbonyl (C=O) groups excluding carboxylic acids is 1. The average molecular weight is 218 g/mol. The molecule has 0 aliphatic heterocycles. The minimum atomic E-state index is -1.14. The molecule has 1 rings (SSSR count). The van der Waals surface area contributed by atoms with Gasteiger partial charge in [0, 0.05) is 0 Å². The summed E-state index contributed by atoms with van der Waals surface area (Å²) in [7, 11) is 0. The van der Waals surface area contributed by atoms with Crippen molar-refractivity contribution in [1.29, 1.82) is 0 Å². The molecule has 0 saturated carbocycles. The molecule has 0 amide bonds. The number of benzene rings is 1. The van der Waals surface area contributed by atoms with Gasteiger partial charge in [-0.1, -0.05) is 43.5 Å². The zero-order valence-electron chi connectivity index (χ0n) is 9.14. The van der Waals surface area contributed by atoms with Crippen LogP contribution in [0.25, 0.3) is 11.6 Å². The molecule has 0 fully saturated rings. The van der Waals surface area contributed by atoms with Crippen molar-refractivity contribution >= 4 is 17.6 Å². The maximum Gasteiger partial charge on any atom is 0.340 e. The molecule has 1 aromatic rings. The molecule has 0 saturated heterocycles. The summed E-state index contributed by atoms with van der Waals surface area (Å²) >= 11 is 0. The van der Waals surface area contributed by atoms with Crippen LogP contribution in [0, 0.1) is 0 Å². The zero-order valence-corrected chi connectivity index (χ0v) is 9.14. The maximum atomic E-state index is 11.5. The molecule has 3 heteroatoms. The summed E-state index contributed by atoms with van der Waals surface area (Å²) in [6.07, 6.45) is 0.496. The van der Waals surface area contributed by atoms with Gasteiger partial charge in [0.05, 0.1) is 5.57 Å². The van der Waals surface area contributed by atoms with Gasteiger partial charge in [0.2, 0.25) is 0 Å². The molecular formula is C13H14O3. The van der Waals surface area contributed by atoms with E-state index in [0.717, 1.165) is 5.56 Å². The average Bonchev–Trinajstić information content (AvgIpc) is 2.27. The van der Waals surface area contributed by atoms with Gasteiger partial charge in [0.25, 0.3) is 0 Å². The van der Waals surface area contributed by atoms with Crippen molar-refractivity contribution in [3.05, 3.63) is 48.6 Å². The highest BCUT2D eigenvalue weighted by Gasteiger charge is 2.14. The third-order valence-electron chi connectivity index (χ3n) is 2.03. The van der Waals surface area contributed by atoms with Gasteiger partial charge in [-0.3, -0.25) is 0 Å². The Kier molecular flexibility index (Phi) is 4.03. The molecule has 0 bridgehead atoms. The third-order valence-corrected chi connectivity index (χ3v) is 2.03. The van der Waals surface area contributed by atoms with Crippen LogP contribution in [0.1, 0.15) is 18.1 Å². The van der Waals surface area contributed by atoms with E-state index in [0.29, 0.717) is 5.56 Å². The molecule has 84 valence electrons. The first kappa shape index (κ1) is 12.2. The second-order valence-corrected chi connectivity index (χ2v) is 3.27. The molecule has 0 spiro atoms. The highest BCUT2D eigenvalue weighted by atomic mass is 16.6. The Hall–Kier alpha value is -1.87. The van der Waals surface area contributed by atoms with Gasteiger partial charge >= 0.3 is 5.97 Å². The van der Waals surface area contributed by atoms with Gasteiger partial charge in [-0.05, 0) is 18.1 Å². The molecule has 1 atom stereocenters. The number of rotatable bonds is 4. The molecule has 0 aliphatic carbocycles. The largest absolute Gasteiger partial charge is 0.433 e. The SMILES string of the molecule is C=Cc1ccccc1C(=C)C(=O)OC(C)O. The number of ether oxygens (including phenoxy) is 1. The first-order valence-electron chi connectivity index (χ1n) is 4.86. The highest BCUT2D eigenvalue weighted by molar-refractivity contribution is 6.16. The Bertz CT molecular complexity index is 419. The van der Waals surface area contributed by atoms with Crippen LogP contribution in [-0.4, -0.2) is 17.4 Å². The Morgan fingerprint density at radius 2 is 2.12 bits per heavy atom.